The van der Waals surface area contributed by atoms with E-state index in [9.17, 15) is 8.78 Å². The van der Waals surface area contributed by atoms with Crippen molar-refractivity contribution in [1.82, 2.24) is 4.90 Å². The van der Waals surface area contributed by atoms with Gasteiger partial charge in [-0.25, -0.2) is 8.78 Å². The van der Waals surface area contributed by atoms with Gasteiger partial charge in [-0.1, -0.05) is 13.8 Å². The van der Waals surface area contributed by atoms with Crippen molar-refractivity contribution in [3.05, 3.63) is 11.9 Å². The van der Waals surface area contributed by atoms with Gasteiger partial charge < -0.3 is 0 Å². The van der Waals surface area contributed by atoms with Gasteiger partial charge in [-0.3, -0.25) is 4.90 Å². The summed E-state index contributed by atoms with van der Waals surface area (Å²) in [6.45, 7) is 6.73. The van der Waals surface area contributed by atoms with Crippen LogP contribution in [0.4, 0.5) is 8.78 Å². The first-order valence-corrected chi connectivity index (χ1v) is 4.88. The van der Waals surface area contributed by atoms with Crippen LogP contribution < -0.4 is 0 Å². The molecule has 1 fully saturated rings. The van der Waals surface area contributed by atoms with Crippen molar-refractivity contribution in [2.45, 2.75) is 38.9 Å². The second-order valence-corrected chi connectivity index (χ2v) is 3.53. The normalized spacial score (nSPS) is 37.9. The molecule has 1 saturated heterocycles. The van der Waals surface area contributed by atoms with Gasteiger partial charge in [-0.05, 0) is 13.0 Å². The van der Waals surface area contributed by atoms with Gasteiger partial charge in [0.05, 0.1) is 5.54 Å². The van der Waals surface area contributed by atoms with Gasteiger partial charge in [0.25, 0.3) is 0 Å². The summed E-state index contributed by atoms with van der Waals surface area (Å²) >= 11 is 0. The highest BCUT2D eigenvalue weighted by atomic mass is 19.1. The van der Waals surface area contributed by atoms with E-state index in [4.69, 9.17) is 0 Å². The van der Waals surface area contributed by atoms with E-state index in [2.05, 4.69) is 0 Å². The van der Waals surface area contributed by atoms with Crippen LogP contribution in [0.3, 0.4) is 0 Å². The summed E-state index contributed by atoms with van der Waals surface area (Å²) in [6.07, 6.45) is 1.01. The minimum absolute atomic E-state index is 0.155. The number of halogens is 2. The lowest BCUT2D eigenvalue weighted by atomic mass is 9.99. The molecule has 1 nitrogen and oxygen atoms in total. The predicted molar refractivity (Wildman–Crippen MR) is 50.0 cm³/mol. The standard InChI is InChI=1S/C8H11F2N.C2H6/c1-8-4-6(9)5-11(8)3-2-7(8)10;1-2/h2,6H,3-5H2,1H3;1-2H3. The van der Waals surface area contributed by atoms with Crippen molar-refractivity contribution >= 4 is 0 Å². The Morgan fingerprint density at radius 2 is 2.15 bits per heavy atom. The molecule has 0 amide bonds. The molecular weight excluding hydrogens is 172 g/mol. The summed E-state index contributed by atoms with van der Waals surface area (Å²) in [5.74, 6) is -0.155. The Morgan fingerprint density at radius 3 is 2.69 bits per heavy atom. The Labute approximate surface area is 78.4 Å². The Kier molecular flexibility index (Phi) is 3.06. The van der Waals surface area contributed by atoms with E-state index < -0.39 is 11.7 Å². The van der Waals surface area contributed by atoms with Gasteiger partial charge in [-0.2, -0.15) is 0 Å². The van der Waals surface area contributed by atoms with E-state index in [1.807, 2.05) is 18.7 Å². The van der Waals surface area contributed by atoms with Crippen LogP contribution in [-0.4, -0.2) is 29.7 Å². The van der Waals surface area contributed by atoms with Crippen molar-refractivity contribution < 1.29 is 8.78 Å². The Hall–Kier alpha value is -0.440. The first-order chi connectivity index (χ1) is 6.13. The van der Waals surface area contributed by atoms with Gasteiger partial charge in [0.15, 0.2) is 0 Å². The fourth-order valence-corrected chi connectivity index (χ4v) is 2.00. The topological polar surface area (TPSA) is 3.24 Å². The second kappa shape index (κ2) is 3.74. The van der Waals surface area contributed by atoms with Gasteiger partial charge in [0, 0.05) is 19.5 Å². The smallest absolute Gasteiger partial charge is 0.117 e. The third-order valence-electron chi connectivity index (χ3n) is 2.74. The molecule has 0 aromatic heterocycles. The van der Waals surface area contributed by atoms with E-state index in [0.29, 0.717) is 19.5 Å². The van der Waals surface area contributed by atoms with Gasteiger partial charge in [-0.15, -0.1) is 0 Å². The predicted octanol–water partition coefficient (Wildman–Crippen LogP) is 2.68. The maximum absolute atomic E-state index is 13.1. The van der Waals surface area contributed by atoms with Crippen LogP contribution in [0.25, 0.3) is 0 Å². The highest BCUT2D eigenvalue weighted by molar-refractivity contribution is 5.23. The molecule has 13 heavy (non-hydrogen) atoms. The molecule has 2 atom stereocenters. The van der Waals surface area contributed by atoms with Crippen molar-refractivity contribution in [2.75, 3.05) is 13.1 Å². The highest BCUT2D eigenvalue weighted by Gasteiger charge is 2.48. The number of fused-ring (bicyclic) bond motifs is 1. The number of hydrogen-bond acceptors (Lipinski definition) is 1. The lowest BCUT2D eigenvalue weighted by Crippen LogP contribution is -2.36. The molecule has 0 N–H and O–H groups in total. The average molecular weight is 189 g/mol. The van der Waals surface area contributed by atoms with Crippen LogP contribution in [-0.2, 0) is 0 Å². The molecule has 0 aromatic carbocycles. The van der Waals surface area contributed by atoms with E-state index in [1.165, 1.54) is 0 Å². The Balaban J connectivity index is 0.000000396. The van der Waals surface area contributed by atoms with E-state index in [1.54, 1.807) is 13.0 Å². The first-order valence-electron chi connectivity index (χ1n) is 4.88. The van der Waals surface area contributed by atoms with Crippen molar-refractivity contribution in [2.24, 2.45) is 0 Å². The summed E-state index contributed by atoms with van der Waals surface area (Å²) in [5, 5.41) is 0. The summed E-state index contributed by atoms with van der Waals surface area (Å²) in [4.78, 5) is 1.85. The largest absolute Gasteiger partial charge is 0.285 e. The first kappa shape index (κ1) is 10.6. The van der Waals surface area contributed by atoms with Crippen LogP contribution in [0.1, 0.15) is 27.2 Å². The van der Waals surface area contributed by atoms with Crippen molar-refractivity contribution in [1.29, 1.82) is 0 Å². The second-order valence-electron chi connectivity index (χ2n) is 3.53. The minimum atomic E-state index is -0.848. The molecule has 0 aromatic rings. The third kappa shape index (κ3) is 1.62. The highest BCUT2D eigenvalue weighted by Crippen LogP contribution is 2.40. The zero-order valence-electron chi connectivity index (χ0n) is 8.48. The molecule has 2 heterocycles. The third-order valence-corrected chi connectivity index (χ3v) is 2.74. The van der Waals surface area contributed by atoms with Crippen LogP contribution in [0.15, 0.2) is 11.9 Å². The minimum Gasteiger partial charge on any atom is -0.285 e. The van der Waals surface area contributed by atoms with Crippen LogP contribution >= 0.6 is 0 Å². The fraction of sp³-hybridized carbons (Fsp3) is 0.800. The molecule has 2 aliphatic rings. The molecular formula is C10H17F2N. The Bertz CT molecular complexity index is 215. The van der Waals surface area contributed by atoms with Crippen LogP contribution in [0.5, 0.6) is 0 Å². The monoisotopic (exact) mass is 189 g/mol. The van der Waals surface area contributed by atoms with Crippen LogP contribution in [0, 0.1) is 0 Å². The molecule has 0 radical (unpaired) electrons. The summed E-state index contributed by atoms with van der Waals surface area (Å²) in [7, 11) is 0. The average Bonchev–Trinajstić information content (AvgIpc) is 2.53. The molecule has 0 bridgehead atoms. The van der Waals surface area contributed by atoms with Gasteiger partial charge >= 0.3 is 0 Å². The summed E-state index contributed by atoms with van der Waals surface area (Å²) < 4.78 is 25.9. The van der Waals surface area contributed by atoms with E-state index >= 15 is 0 Å². The molecule has 3 heteroatoms. The summed E-state index contributed by atoms with van der Waals surface area (Å²) in [6, 6.07) is 0. The molecule has 76 valence electrons. The molecule has 0 aliphatic carbocycles. The molecule has 2 rings (SSSR count). The van der Waals surface area contributed by atoms with E-state index in [-0.39, 0.29) is 5.83 Å². The zero-order valence-corrected chi connectivity index (χ0v) is 8.48. The molecule has 0 spiro atoms. The van der Waals surface area contributed by atoms with Gasteiger partial charge in [0.2, 0.25) is 0 Å². The number of nitrogens with zero attached hydrogens (tertiary/aromatic N) is 1. The van der Waals surface area contributed by atoms with E-state index in [0.717, 1.165) is 0 Å². The fourth-order valence-electron chi connectivity index (χ4n) is 2.00. The lowest BCUT2D eigenvalue weighted by molar-refractivity contribution is 0.209. The SMILES string of the molecule is CC.CC12CC(F)CN1CC=C2F. The van der Waals surface area contributed by atoms with Crippen molar-refractivity contribution in [3.63, 3.8) is 0 Å². The summed E-state index contributed by atoms with van der Waals surface area (Å²) in [5.41, 5.74) is -0.612. The zero-order chi connectivity index (χ0) is 10.1. The lowest BCUT2D eigenvalue weighted by Gasteiger charge is -2.26. The quantitative estimate of drug-likeness (QED) is 0.566. The molecule has 0 saturated carbocycles. The number of alkyl halides is 1. The molecule has 2 unspecified atom stereocenters. The molecule has 2 aliphatic heterocycles. The number of hydrogen-bond donors (Lipinski definition) is 0. The Morgan fingerprint density at radius 1 is 1.54 bits per heavy atom. The number of rotatable bonds is 0. The van der Waals surface area contributed by atoms with Gasteiger partial charge in [0.1, 0.15) is 12.0 Å². The van der Waals surface area contributed by atoms with Crippen LogP contribution in [0.2, 0.25) is 0 Å². The van der Waals surface area contributed by atoms with Crippen molar-refractivity contribution in [3.8, 4) is 0 Å². The maximum atomic E-state index is 13.1. The maximum Gasteiger partial charge on any atom is 0.117 e.